The van der Waals surface area contributed by atoms with Gasteiger partial charge in [0.25, 0.3) is 0 Å². The van der Waals surface area contributed by atoms with Crippen LogP contribution in [0.15, 0.2) is 29.2 Å². The summed E-state index contributed by atoms with van der Waals surface area (Å²) in [5.74, 6) is -0.986. The highest BCUT2D eigenvalue weighted by Gasteiger charge is 2.38. The Morgan fingerprint density at radius 3 is 2.33 bits per heavy atom. The predicted molar refractivity (Wildman–Crippen MR) is 78.8 cm³/mol. The van der Waals surface area contributed by atoms with Crippen molar-refractivity contribution in [1.29, 1.82) is 0 Å². The highest BCUT2D eigenvalue weighted by atomic mass is 32.2. The van der Waals surface area contributed by atoms with Crippen LogP contribution in [0.1, 0.15) is 12.0 Å². The minimum absolute atomic E-state index is 0.0303. The van der Waals surface area contributed by atoms with Crippen LogP contribution in [-0.2, 0) is 19.6 Å². The Morgan fingerprint density at radius 1 is 1.33 bits per heavy atom. The molecule has 1 aromatic carbocycles. The van der Waals surface area contributed by atoms with Crippen molar-refractivity contribution in [3.05, 3.63) is 29.8 Å². The first-order valence-corrected chi connectivity index (χ1v) is 7.84. The van der Waals surface area contributed by atoms with Gasteiger partial charge in [-0.25, -0.2) is 8.42 Å². The molecule has 9 heteroatoms. The molecule has 112 valence electrons. The van der Waals surface area contributed by atoms with Crippen LogP contribution < -0.4 is 10.5 Å². The fourth-order valence-electron chi connectivity index (χ4n) is 1.90. The third-order valence-electron chi connectivity index (χ3n) is 3.13. The van der Waals surface area contributed by atoms with Gasteiger partial charge in [-0.15, -0.1) is 0 Å². The fraction of sp³-hybridized carbons (Fsp3) is 0.250. The molecule has 0 aliphatic carbocycles. The second-order valence-corrected chi connectivity index (χ2v) is 6.71. The molecule has 1 atom stereocenters. The molecular weight excluding hydrogens is 314 g/mol. The van der Waals surface area contributed by atoms with Crippen LogP contribution in [0.4, 0.5) is 0 Å². The summed E-state index contributed by atoms with van der Waals surface area (Å²) >= 11 is 4.78. The van der Waals surface area contributed by atoms with E-state index in [0.717, 1.165) is 4.90 Å². The Labute approximate surface area is 127 Å². The van der Waals surface area contributed by atoms with Gasteiger partial charge in [-0.05, 0) is 12.1 Å². The minimum atomic E-state index is -3.90. The van der Waals surface area contributed by atoms with E-state index < -0.39 is 27.9 Å². The summed E-state index contributed by atoms with van der Waals surface area (Å²) in [6.07, 6.45) is -0.181. The van der Waals surface area contributed by atoms with Crippen LogP contribution in [-0.4, -0.2) is 43.2 Å². The maximum absolute atomic E-state index is 12.2. The molecular formula is C12H13N3O4S2. The van der Waals surface area contributed by atoms with E-state index in [9.17, 15) is 18.0 Å². The first-order valence-electron chi connectivity index (χ1n) is 5.95. The highest BCUT2D eigenvalue weighted by Crippen LogP contribution is 2.16. The lowest BCUT2D eigenvalue weighted by Crippen LogP contribution is -2.40. The van der Waals surface area contributed by atoms with Crippen molar-refractivity contribution in [2.45, 2.75) is 17.4 Å². The first-order chi connectivity index (χ1) is 9.72. The molecule has 2 rings (SSSR count). The van der Waals surface area contributed by atoms with E-state index in [1.807, 2.05) is 0 Å². The van der Waals surface area contributed by atoms with Gasteiger partial charge in [0.2, 0.25) is 21.8 Å². The number of nitrogens with zero attached hydrogens (tertiary/aromatic N) is 1. The van der Waals surface area contributed by atoms with Gasteiger partial charge in [0, 0.05) is 12.6 Å². The molecule has 2 amide bonds. The van der Waals surface area contributed by atoms with Crippen molar-refractivity contribution in [3.8, 4) is 0 Å². The average Bonchev–Trinajstić information content (AvgIpc) is 2.66. The molecule has 3 N–H and O–H groups in total. The fourth-order valence-corrected chi connectivity index (χ4v) is 3.23. The highest BCUT2D eigenvalue weighted by molar-refractivity contribution is 7.89. The van der Waals surface area contributed by atoms with Crippen LogP contribution in [0.25, 0.3) is 0 Å². The monoisotopic (exact) mass is 327 g/mol. The van der Waals surface area contributed by atoms with Crippen molar-refractivity contribution >= 4 is 39.0 Å². The lowest BCUT2D eigenvalue weighted by Gasteiger charge is -2.12. The minimum Gasteiger partial charge on any atom is -0.389 e. The van der Waals surface area contributed by atoms with Crippen molar-refractivity contribution in [1.82, 2.24) is 9.62 Å². The molecule has 0 spiro atoms. The summed E-state index contributed by atoms with van der Waals surface area (Å²) in [7, 11) is -2.58. The number of imide groups is 1. The van der Waals surface area contributed by atoms with Gasteiger partial charge < -0.3 is 5.73 Å². The number of likely N-dealkylation sites (N-methyl/N-ethyl adjacent to an activating group) is 1. The molecule has 1 aliphatic heterocycles. The van der Waals surface area contributed by atoms with Crippen LogP contribution >= 0.6 is 12.2 Å². The number of amides is 2. The van der Waals surface area contributed by atoms with E-state index in [2.05, 4.69) is 4.72 Å². The standard InChI is InChI=1S/C12H13N3O4S2/c1-15-10(16)6-9(12(15)17)14-21(18,19)8-4-2-7(3-5-8)11(13)20/h2-5,9,14H,6H2,1H3,(H2,13,20). The average molecular weight is 327 g/mol. The van der Waals surface area contributed by atoms with Crippen LogP contribution in [0.5, 0.6) is 0 Å². The smallest absolute Gasteiger partial charge is 0.247 e. The second-order valence-electron chi connectivity index (χ2n) is 4.56. The molecule has 0 bridgehead atoms. The summed E-state index contributed by atoms with van der Waals surface area (Å²) in [4.78, 5) is 24.1. The van der Waals surface area contributed by atoms with Crippen molar-refractivity contribution < 1.29 is 18.0 Å². The Hall–Kier alpha value is -1.84. The Bertz CT molecular complexity index is 713. The Kier molecular flexibility index (Phi) is 4.08. The molecule has 1 aromatic rings. The van der Waals surface area contributed by atoms with E-state index in [1.54, 1.807) is 0 Å². The van der Waals surface area contributed by atoms with Gasteiger partial charge in [0.15, 0.2) is 0 Å². The normalized spacial score (nSPS) is 19.1. The van der Waals surface area contributed by atoms with E-state index in [0.29, 0.717) is 5.56 Å². The Balaban J connectivity index is 2.21. The first kappa shape index (κ1) is 15.5. The lowest BCUT2D eigenvalue weighted by atomic mass is 10.2. The van der Waals surface area contributed by atoms with Gasteiger partial charge >= 0.3 is 0 Å². The third kappa shape index (κ3) is 3.09. The van der Waals surface area contributed by atoms with E-state index in [-0.39, 0.29) is 16.3 Å². The van der Waals surface area contributed by atoms with Crippen molar-refractivity contribution in [3.63, 3.8) is 0 Å². The SMILES string of the molecule is CN1C(=O)CC(NS(=O)(=O)c2ccc(C(N)=S)cc2)C1=O. The van der Waals surface area contributed by atoms with Gasteiger partial charge in [-0.1, -0.05) is 24.4 Å². The summed E-state index contributed by atoms with van der Waals surface area (Å²) in [5.41, 5.74) is 5.97. The van der Waals surface area contributed by atoms with E-state index >= 15 is 0 Å². The quantitative estimate of drug-likeness (QED) is 0.562. The number of rotatable bonds is 4. The maximum Gasteiger partial charge on any atom is 0.247 e. The summed E-state index contributed by atoms with van der Waals surface area (Å²) in [5, 5.41) is 0. The van der Waals surface area contributed by atoms with E-state index in [1.165, 1.54) is 31.3 Å². The van der Waals surface area contributed by atoms with Crippen LogP contribution in [0, 0.1) is 0 Å². The number of benzene rings is 1. The number of hydrogen-bond donors (Lipinski definition) is 2. The van der Waals surface area contributed by atoms with Gasteiger partial charge in [0.1, 0.15) is 11.0 Å². The van der Waals surface area contributed by atoms with Gasteiger partial charge in [-0.3, -0.25) is 14.5 Å². The summed E-state index contributed by atoms with van der Waals surface area (Å²) < 4.78 is 26.6. The third-order valence-corrected chi connectivity index (χ3v) is 4.85. The second kappa shape index (κ2) is 5.51. The van der Waals surface area contributed by atoms with Crippen LogP contribution in [0.3, 0.4) is 0 Å². The molecule has 21 heavy (non-hydrogen) atoms. The molecule has 7 nitrogen and oxygen atoms in total. The number of sulfonamides is 1. The number of hydrogen-bond acceptors (Lipinski definition) is 5. The van der Waals surface area contributed by atoms with Gasteiger partial charge in [-0.2, -0.15) is 4.72 Å². The van der Waals surface area contributed by atoms with Crippen molar-refractivity contribution in [2.75, 3.05) is 7.05 Å². The molecule has 1 aliphatic rings. The predicted octanol–water partition coefficient (Wildman–Crippen LogP) is -0.644. The Morgan fingerprint density at radius 2 is 1.90 bits per heavy atom. The number of carbonyl (C=O) groups excluding carboxylic acids is 2. The molecule has 1 fully saturated rings. The number of thiocarbonyl (C=S) groups is 1. The number of carbonyl (C=O) groups is 2. The molecule has 1 unspecified atom stereocenters. The molecule has 0 radical (unpaired) electrons. The van der Waals surface area contributed by atoms with Gasteiger partial charge in [0.05, 0.1) is 11.3 Å². The molecule has 0 saturated carbocycles. The zero-order valence-corrected chi connectivity index (χ0v) is 12.7. The number of nitrogens with one attached hydrogen (secondary N) is 1. The largest absolute Gasteiger partial charge is 0.389 e. The lowest BCUT2D eigenvalue weighted by molar-refractivity contribution is -0.137. The van der Waals surface area contributed by atoms with Crippen molar-refractivity contribution in [2.24, 2.45) is 5.73 Å². The zero-order valence-electron chi connectivity index (χ0n) is 11.1. The number of likely N-dealkylation sites (tertiary alicyclic amines) is 1. The molecule has 0 aromatic heterocycles. The molecule has 1 heterocycles. The maximum atomic E-state index is 12.2. The van der Waals surface area contributed by atoms with Crippen LogP contribution in [0.2, 0.25) is 0 Å². The topological polar surface area (TPSA) is 110 Å². The van der Waals surface area contributed by atoms with E-state index in [4.69, 9.17) is 18.0 Å². The summed E-state index contributed by atoms with van der Waals surface area (Å²) in [6, 6.07) is 4.56. The number of nitrogens with two attached hydrogens (primary N) is 1. The zero-order chi connectivity index (χ0) is 15.8. The summed E-state index contributed by atoms with van der Waals surface area (Å²) in [6.45, 7) is 0. The molecule has 1 saturated heterocycles.